The molecule has 4 atom stereocenters. The number of carbonyl (C=O) groups excluding carboxylic acids is 1. The largest absolute Gasteiger partial charge is 0.464 e. The van der Waals surface area contributed by atoms with Crippen molar-refractivity contribution in [2.75, 3.05) is 26.8 Å². The van der Waals surface area contributed by atoms with Crippen LogP contribution in [0.4, 0.5) is 0 Å². The Kier molecular flexibility index (Phi) is 4.30. The molecule has 0 bridgehead atoms. The summed E-state index contributed by atoms with van der Waals surface area (Å²) in [5, 5.41) is 9.84. The van der Waals surface area contributed by atoms with Crippen LogP contribution in [0.5, 0.6) is 0 Å². The summed E-state index contributed by atoms with van der Waals surface area (Å²) in [6.07, 6.45) is -3.00. The van der Waals surface area contributed by atoms with Crippen molar-refractivity contribution in [3.05, 3.63) is 0 Å². The predicted molar refractivity (Wildman–Crippen MR) is 52.9 cm³/mol. The van der Waals surface area contributed by atoms with Crippen molar-refractivity contribution < 1.29 is 33.6 Å². The van der Waals surface area contributed by atoms with Gasteiger partial charge in [-0.25, -0.2) is 4.79 Å². The van der Waals surface area contributed by atoms with E-state index in [1.807, 2.05) is 0 Å². The van der Waals surface area contributed by atoms with Gasteiger partial charge in [0.1, 0.15) is 31.9 Å². The fourth-order valence-corrected chi connectivity index (χ4v) is 1.88. The van der Waals surface area contributed by atoms with E-state index in [0.29, 0.717) is 6.61 Å². The van der Waals surface area contributed by atoms with Gasteiger partial charge in [-0.3, -0.25) is 0 Å². The molecule has 0 aliphatic carbocycles. The monoisotopic (exact) mass is 248 g/mol. The van der Waals surface area contributed by atoms with E-state index in [0.717, 1.165) is 0 Å². The van der Waals surface area contributed by atoms with Gasteiger partial charge in [0, 0.05) is 0 Å². The van der Waals surface area contributed by atoms with Gasteiger partial charge in [-0.2, -0.15) is 0 Å². The molecule has 2 aliphatic heterocycles. The first-order chi connectivity index (χ1) is 8.24. The molecule has 2 aliphatic rings. The summed E-state index contributed by atoms with van der Waals surface area (Å²) in [4.78, 5) is 11.4. The molecule has 2 fully saturated rings. The number of hydrogen-bond donors (Lipinski definition) is 1. The van der Waals surface area contributed by atoms with Crippen molar-refractivity contribution in [3.63, 3.8) is 0 Å². The number of hydrogen-bond acceptors (Lipinski definition) is 7. The van der Waals surface area contributed by atoms with Crippen LogP contribution in [0.15, 0.2) is 0 Å². The zero-order valence-corrected chi connectivity index (χ0v) is 9.53. The molecule has 17 heavy (non-hydrogen) atoms. The van der Waals surface area contributed by atoms with Crippen LogP contribution in [-0.2, 0) is 28.5 Å². The second-order valence-electron chi connectivity index (χ2n) is 3.77. The van der Waals surface area contributed by atoms with Gasteiger partial charge in [-0.05, 0) is 6.92 Å². The molecule has 0 amide bonds. The van der Waals surface area contributed by atoms with Crippen LogP contribution in [0.2, 0.25) is 0 Å². The second-order valence-corrected chi connectivity index (χ2v) is 3.77. The smallest absolute Gasteiger partial charge is 0.337 e. The molecule has 0 spiro atoms. The van der Waals surface area contributed by atoms with Gasteiger partial charge >= 0.3 is 5.97 Å². The van der Waals surface area contributed by atoms with Crippen LogP contribution >= 0.6 is 0 Å². The van der Waals surface area contributed by atoms with Crippen LogP contribution in [0.3, 0.4) is 0 Å². The molecule has 1 N–H and O–H groups in total. The van der Waals surface area contributed by atoms with Crippen LogP contribution in [-0.4, -0.2) is 62.3 Å². The highest BCUT2D eigenvalue weighted by molar-refractivity contribution is 5.75. The van der Waals surface area contributed by atoms with Gasteiger partial charge in [0.2, 0.25) is 0 Å². The number of aliphatic hydroxyl groups excluding tert-OH is 1. The molecule has 0 aromatic carbocycles. The molecule has 98 valence electrons. The molecule has 0 saturated carbocycles. The van der Waals surface area contributed by atoms with Gasteiger partial charge in [-0.1, -0.05) is 0 Å². The van der Waals surface area contributed by atoms with Crippen molar-refractivity contribution in [2.24, 2.45) is 0 Å². The molecule has 0 unspecified atom stereocenters. The van der Waals surface area contributed by atoms with Crippen LogP contribution in [0.1, 0.15) is 6.92 Å². The van der Waals surface area contributed by atoms with Crippen LogP contribution in [0.25, 0.3) is 0 Å². The fourth-order valence-electron chi connectivity index (χ4n) is 1.88. The molecule has 2 heterocycles. The normalized spacial score (nSPS) is 34.8. The average molecular weight is 248 g/mol. The van der Waals surface area contributed by atoms with E-state index >= 15 is 0 Å². The lowest BCUT2D eigenvalue weighted by molar-refractivity contribution is -0.312. The van der Waals surface area contributed by atoms with E-state index in [2.05, 4.69) is 0 Å². The third-order valence-corrected chi connectivity index (χ3v) is 2.70. The standard InChI is InChI=1S/C10H16O7/c1-2-14-10(12)7(11)9-8-6(15-5-17-9)3-13-4-16-8/h6-9,11H,2-5H2,1H3/t6-,7-,8+,9-/m0/s1. The second kappa shape index (κ2) is 5.74. The average Bonchev–Trinajstić information content (AvgIpc) is 2.37. The lowest BCUT2D eigenvalue weighted by Crippen LogP contribution is -2.58. The topological polar surface area (TPSA) is 83.5 Å². The highest BCUT2D eigenvalue weighted by Gasteiger charge is 2.45. The number of esters is 1. The molecule has 0 aromatic rings. The summed E-state index contributed by atoms with van der Waals surface area (Å²) < 4.78 is 25.6. The minimum atomic E-state index is -1.37. The van der Waals surface area contributed by atoms with Gasteiger partial charge in [0.05, 0.1) is 13.2 Å². The van der Waals surface area contributed by atoms with E-state index in [9.17, 15) is 9.90 Å². The Balaban J connectivity index is 2.00. The Morgan fingerprint density at radius 3 is 3.00 bits per heavy atom. The van der Waals surface area contributed by atoms with E-state index in [4.69, 9.17) is 23.7 Å². The summed E-state index contributed by atoms with van der Waals surface area (Å²) in [5.41, 5.74) is 0. The highest BCUT2D eigenvalue weighted by Crippen LogP contribution is 2.24. The molecule has 7 heteroatoms. The molecule has 7 nitrogen and oxygen atoms in total. The summed E-state index contributed by atoms with van der Waals surface area (Å²) >= 11 is 0. The number of ether oxygens (including phenoxy) is 5. The maximum Gasteiger partial charge on any atom is 0.337 e. The third kappa shape index (κ3) is 2.75. The van der Waals surface area contributed by atoms with Gasteiger partial charge in [-0.15, -0.1) is 0 Å². The lowest BCUT2D eigenvalue weighted by Gasteiger charge is -2.41. The molecule has 2 saturated heterocycles. The first-order valence-corrected chi connectivity index (χ1v) is 5.51. The number of aliphatic hydroxyl groups is 1. The minimum Gasteiger partial charge on any atom is -0.464 e. The Bertz CT molecular complexity index is 267. The van der Waals surface area contributed by atoms with Crippen molar-refractivity contribution in [2.45, 2.75) is 31.3 Å². The maximum atomic E-state index is 11.4. The minimum absolute atomic E-state index is 0.00494. The number of carbonyl (C=O) groups is 1. The van der Waals surface area contributed by atoms with Crippen molar-refractivity contribution in [3.8, 4) is 0 Å². The summed E-state index contributed by atoms with van der Waals surface area (Å²) in [6.45, 7) is 2.33. The van der Waals surface area contributed by atoms with Gasteiger partial charge in [0.15, 0.2) is 6.10 Å². The van der Waals surface area contributed by atoms with Crippen LogP contribution < -0.4 is 0 Å². The summed E-state index contributed by atoms with van der Waals surface area (Å²) in [7, 11) is 0. The van der Waals surface area contributed by atoms with Crippen molar-refractivity contribution in [1.29, 1.82) is 0 Å². The molecular formula is C10H16O7. The van der Waals surface area contributed by atoms with E-state index in [-0.39, 0.29) is 26.3 Å². The SMILES string of the molecule is CCOC(=O)[C@@H](O)[C@@H]1OCO[C@H]2COCO[C@@H]12. The maximum absolute atomic E-state index is 11.4. The number of fused-ring (bicyclic) bond motifs is 1. The first-order valence-electron chi connectivity index (χ1n) is 5.51. The molecule has 0 aromatic heterocycles. The molecule has 2 rings (SSSR count). The lowest BCUT2D eigenvalue weighted by atomic mass is 10.0. The fraction of sp³-hybridized carbons (Fsp3) is 0.900. The zero-order valence-electron chi connectivity index (χ0n) is 9.53. The van der Waals surface area contributed by atoms with Crippen LogP contribution in [0, 0.1) is 0 Å². The van der Waals surface area contributed by atoms with E-state index in [1.165, 1.54) is 0 Å². The van der Waals surface area contributed by atoms with Crippen molar-refractivity contribution in [1.82, 2.24) is 0 Å². The quantitative estimate of drug-likeness (QED) is 0.643. The Morgan fingerprint density at radius 1 is 1.41 bits per heavy atom. The zero-order chi connectivity index (χ0) is 12.3. The van der Waals surface area contributed by atoms with Crippen molar-refractivity contribution >= 4 is 5.97 Å². The third-order valence-electron chi connectivity index (χ3n) is 2.70. The Labute approximate surface area is 98.5 Å². The van der Waals surface area contributed by atoms with E-state index in [1.54, 1.807) is 6.92 Å². The molecule has 0 radical (unpaired) electrons. The highest BCUT2D eigenvalue weighted by atomic mass is 16.8. The molecular weight excluding hydrogens is 232 g/mol. The number of rotatable bonds is 3. The van der Waals surface area contributed by atoms with E-state index < -0.39 is 24.3 Å². The first kappa shape index (κ1) is 12.7. The summed E-state index contributed by atoms with van der Waals surface area (Å²) in [6, 6.07) is 0. The predicted octanol–water partition coefficient (Wildman–Crippen LogP) is -0.975. The Morgan fingerprint density at radius 2 is 2.24 bits per heavy atom. The van der Waals surface area contributed by atoms with Gasteiger partial charge < -0.3 is 28.8 Å². The van der Waals surface area contributed by atoms with Gasteiger partial charge in [0.25, 0.3) is 0 Å². The summed E-state index contributed by atoms with van der Waals surface area (Å²) in [5.74, 6) is -0.715. The Hall–Kier alpha value is -0.730.